The van der Waals surface area contributed by atoms with Gasteiger partial charge >= 0.3 is 0 Å². The van der Waals surface area contributed by atoms with Gasteiger partial charge in [-0.25, -0.2) is 9.97 Å². The van der Waals surface area contributed by atoms with Crippen molar-refractivity contribution < 1.29 is 4.79 Å². The summed E-state index contributed by atoms with van der Waals surface area (Å²) in [5.41, 5.74) is 16.5. The van der Waals surface area contributed by atoms with E-state index in [1.165, 1.54) is 16.9 Å². The predicted octanol–water partition coefficient (Wildman–Crippen LogP) is 5.98. The van der Waals surface area contributed by atoms with Crippen LogP contribution in [0.15, 0.2) is 48.5 Å². The van der Waals surface area contributed by atoms with Crippen LogP contribution in [0, 0.1) is 11.3 Å². The number of fused-ring (bicyclic) bond motifs is 2. The first-order chi connectivity index (χ1) is 16.4. The molecule has 3 aromatic heterocycles. The third kappa shape index (κ3) is 3.63. The number of pyridine rings is 1. The second kappa shape index (κ2) is 8.41. The van der Waals surface area contributed by atoms with E-state index < -0.39 is 0 Å². The minimum absolute atomic E-state index is 0.109. The van der Waals surface area contributed by atoms with Gasteiger partial charge in [-0.05, 0) is 29.2 Å². The number of nitrogens with one attached hydrogen (secondary N) is 1. The molecule has 0 aliphatic rings. The van der Waals surface area contributed by atoms with E-state index >= 15 is 0 Å². The maximum Gasteiger partial charge on any atom is 0.269 e. The first-order valence-electron chi connectivity index (χ1n) is 10.6. The van der Waals surface area contributed by atoms with E-state index in [-0.39, 0.29) is 23.0 Å². The Morgan fingerprint density at radius 2 is 1.79 bits per heavy atom. The molecule has 2 aromatic carbocycles. The molecule has 0 spiro atoms. The zero-order chi connectivity index (χ0) is 24.0. The van der Waals surface area contributed by atoms with Crippen LogP contribution in [0.5, 0.6) is 0 Å². The molecule has 3 heterocycles. The Morgan fingerprint density at radius 1 is 1.06 bits per heavy atom. The molecule has 0 fully saturated rings. The minimum Gasteiger partial charge on any atom is -0.397 e. The number of thiazole rings is 1. The molecular formula is C25H20N6OS2. The molecule has 0 radical (unpaired) electrons. The Hall–Kier alpha value is -4.00. The molecule has 0 aliphatic heterocycles. The minimum atomic E-state index is -0.377. The van der Waals surface area contributed by atoms with E-state index in [2.05, 4.69) is 35.2 Å². The van der Waals surface area contributed by atoms with E-state index in [0.29, 0.717) is 31.7 Å². The van der Waals surface area contributed by atoms with Crippen LogP contribution < -0.4 is 16.8 Å². The monoisotopic (exact) mass is 484 g/mol. The summed E-state index contributed by atoms with van der Waals surface area (Å²) < 4.78 is 0.974. The van der Waals surface area contributed by atoms with E-state index in [0.717, 1.165) is 27.1 Å². The molecule has 0 saturated carbocycles. The first-order valence-corrected chi connectivity index (χ1v) is 12.2. The lowest BCUT2D eigenvalue weighted by Crippen LogP contribution is -2.11. The van der Waals surface area contributed by atoms with Gasteiger partial charge < -0.3 is 11.5 Å². The van der Waals surface area contributed by atoms with Crippen molar-refractivity contribution in [2.75, 3.05) is 16.8 Å². The third-order valence-electron chi connectivity index (χ3n) is 5.60. The van der Waals surface area contributed by atoms with Gasteiger partial charge in [-0.3, -0.25) is 10.1 Å². The average Bonchev–Trinajstić information content (AvgIpc) is 3.38. The van der Waals surface area contributed by atoms with E-state index in [4.69, 9.17) is 11.5 Å². The van der Waals surface area contributed by atoms with Crippen LogP contribution in [0.25, 0.3) is 31.6 Å². The largest absolute Gasteiger partial charge is 0.397 e. The molecule has 34 heavy (non-hydrogen) atoms. The third-order valence-corrected chi connectivity index (χ3v) is 7.65. The van der Waals surface area contributed by atoms with Crippen LogP contribution in [0.3, 0.4) is 0 Å². The van der Waals surface area contributed by atoms with E-state index in [1.807, 2.05) is 48.5 Å². The van der Waals surface area contributed by atoms with E-state index in [1.54, 1.807) is 0 Å². The Labute approximate surface area is 203 Å². The van der Waals surface area contributed by atoms with Crippen LogP contribution in [0.2, 0.25) is 0 Å². The van der Waals surface area contributed by atoms with Crippen molar-refractivity contribution in [3.63, 3.8) is 0 Å². The molecule has 0 aliphatic carbocycles. The van der Waals surface area contributed by atoms with Crippen molar-refractivity contribution in [3.8, 4) is 17.2 Å². The van der Waals surface area contributed by atoms with E-state index in [9.17, 15) is 10.1 Å². The number of carbonyl (C=O) groups excluding carboxylic acids is 1. The maximum atomic E-state index is 13.2. The Balaban J connectivity index is 1.62. The number of anilines is 3. The van der Waals surface area contributed by atoms with Crippen molar-refractivity contribution >= 4 is 65.7 Å². The highest BCUT2D eigenvalue weighted by atomic mass is 32.1. The fraction of sp³-hybridized carbons (Fsp3) is 0.120. The average molecular weight is 485 g/mol. The van der Waals surface area contributed by atoms with Crippen molar-refractivity contribution in [1.82, 2.24) is 9.97 Å². The Kier molecular flexibility index (Phi) is 5.40. The standard InChI is InChI=1S/C25H20N6OS2/c1-12(2)13-7-9-14(10-8-13)18-15(11-26)22(28)30-24-19(18)20(27)21(34-24)23(32)31-25-29-16-5-3-4-6-17(16)33-25/h3-10,12H,27H2,1-2H3,(H2,28,30)(H,29,31,32). The Morgan fingerprint density at radius 3 is 2.47 bits per heavy atom. The van der Waals surface area contributed by atoms with Gasteiger partial charge in [-0.15, -0.1) is 11.3 Å². The summed E-state index contributed by atoms with van der Waals surface area (Å²) in [6.07, 6.45) is 0. The number of carbonyl (C=O) groups is 1. The van der Waals surface area contributed by atoms with Crippen molar-refractivity contribution in [3.05, 3.63) is 64.5 Å². The highest BCUT2D eigenvalue weighted by Gasteiger charge is 2.25. The first kappa shape index (κ1) is 21.8. The van der Waals surface area contributed by atoms with Gasteiger partial charge in [0.2, 0.25) is 0 Å². The van der Waals surface area contributed by atoms with Gasteiger partial charge in [0, 0.05) is 10.9 Å². The number of thiophene rings is 1. The summed E-state index contributed by atoms with van der Waals surface area (Å²) in [7, 11) is 0. The lowest BCUT2D eigenvalue weighted by Gasteiger charge is -2.11. The molecule has 0 bridgehead atoms. The summed E-state index contributed by atoms with van der Waals surface area (Å²) in [6, 6.07) is 17.8. The number of para-hydroxylation sites is 1. The number of benzene rings is 2. The molecule has 7 nitrogen and oxygen atoms in total. The number of rotatable bonds is 4. The fourth-order valence-corrected chi connectivity index (χ4v) is 5.72. The second-order valence-corrected chi connectivity index (χ2v) is 10.1. The van der Waals surface area contributed by atoms with Crippen LogP contribution >= 0.6 is 22.7 Å². The van der Waals surface area contributed by atoms with Crippen molar-refractivity contribution in [2.24, 2.45) is 0 Å². The summed E-state index contributed by atoms with van der Waals surface area (Å²) in [4.78, 5) is 22.8. The molecule has 168 valence electrons. The van der Waals surface area contributed by atoms with Crippen LogP contribution in [-0.4, -0.2) is 15.9 Å². The molecule has 5 rings (SSSR count). The molecule has 5 aromatic rings. The van der Waals surface area contributed by atoms with Gasteiger partial charge in [0.15, 0.2) is 5.13 Å². The number of nitrogens with two attached hydrogens (primary N) is 2. The van der Waals surface area contributed by atoms with Gasteiger partial charge in [0.1, 0.15) is 27.2 Å². The number of nitriles is 1. The molecular weight excluding hydrogens is 464 g/mol. The normalized spacial score (nSPS) is 11.2. The van der Waals surface area contributed by atoms with Gasteiger partial charge in [0.25, 0.3) is 5.91 Å². The fourth-order valence-electron chi connectivity index (χ4n) is 3.85. The summed E-state index contributed by atoms with van der Waals surface area (Å²) >= 11 is 2.53. The van der Waals surface area contributed by atoms with Gasteiger partial charge in [-0.1, -0.05) is 61.6 Å². The molecule has 9 heteroatoms. The predicted molar refractivity (Wildman–Crippen MR) is 140 cm³/mol. The highest BCUT2D eigenvalue weighted by Crippen LogP contribution is 2.43. The number of nitrogen functional groups attached to an aromatic ring is 2. The van der Waals surface area contributed by atoms with Crippen LogP contribution in [0.4, 0.5) is 16.6 Å². The number of hydrogen-bond donors (Lipinski definition) is 3. The number of hydrogen-bond acceptors (Lipinski definition) is 8. The molecule has 0 atom stereocenters. The van der Waals surface area contributed by atoms with Crippen LogP contribution in [-0.2, 0) is 0 Å². The summed E-state index contributed by atoms with van der Waals surface area (Å²) in [6.45, 7) is 4.23. The number of nitrogens with zero attached hydrogens (tertiary/aromatic N) is 3. The summed E-state index contributed by atoms with van der Waals surface area (Å²) in [5.74, 6) is 0.103. The molecule has 5 N–H and O–H groups in total. The van der Waals surface area contributed by atoms with Gasteiger partial charge in [0.05, 0.1) is 15.9 Å². The number of amides is 1. The lowest BCUT2D eigenvalue weighted by atomic mass is 9.94. The molecule has 0 saturated heterocycles. The SMILES string of the molecule is CC(C)c1ccc(-c2c(C#N)c(N)nc3sc(C(=O)Nc4nc5ccccc5s4)c(N)c23)cc1. The van der Waals surface area contributed by atoms with Gasteiger partial charge in [-0.2, -0.15) is 5.26 Å². The van der Waals surface area contributed by atoms with Crippen molar-refractivity contribution in [1.29, 1.82) is 5.26 Å². The second-order valence-electron chi connectivity index (χ2n) is 8.10. The zero-order valence-electron chi connectivity index (χ0n) is 18.4. The number of aromatic nitrogens is 2. The maximum absolute atomic E-state index is 13.2. The highest BCUT2D eigenvalue weighted by molar-refractivity contribution is 7.23. The quantitative estimate of drug-likeness (QED) is 0.287. The zero-order valence-corrected chi connectivity index (χ0v) is 20.1. The molecule has 0 unspecified atom stereocenters. The van der Waals surface area contributed by atoms with Crippen LogP contribution in [0.1, 0.15) is 40.6 Å². The lowest BCUT2D eigenvalue weighted by molar-refractivity contribution is 0.103. The van der Waals surface area contributed by atoms with Crippen molar-refractivity contribution in [2.45, 2.75) is 19.8 Å². The Bertz CT molecular complexity index is 1580. The summed E-state index contributed by atoms with van der Waals surface area (Å²) in [5, 5.41) is 13.7. The smallest absolute Gasteiger partial charge is 0.269 e. The topological polar surface area (TPSA) is 131 Å². The molecule has 1 amide bonds.